The summed E-state index contributed by atoms with van der Waals surface area (Å²) < 4.78 is 29.3. The van der Waals surface area contributed by atoms with Gasteiger partial charge in [-0.3, -0.25) is 19.2 Å². The molecule has 1 N–H and O–H groups in total. The van der Waals surface area contributed by atoms with Crippen molar-refractivity contribution in [1.82, 2.24) is 0 Å². The minimum absolute atomic E-state index is 0.245. The van der Waals surface area contributed by atoms with Gasteiger partial charge in [-0.2, -0.15) is 0 Å². The molecule has 4 fully saturated rings. The molecule has 0 aromatic rings. The van der Waals surface area contributed by atoms with Crippen LogP contribution in [0.4, 0.5) is 0 Å². The average molecular weight is 543 g/mol. The molecule has 2 aliphatic heterocycles. The zero-order valence-electron chi connectivity index (χ0n) is 21.9. The molecule has 4 aliphatic rings. The number of rotatable bonds is 3. The fourth-order valence-electron chi connectivity index (χ4n) is 6.94. The van der Waals surface area contributed by atoms with Crippen LogP contribution in [-0.4, -0.2) is 76.1 Å². The van der Waals surface area contributed by atoms with Crippen LogP contribution >= 0.6 is 11.6 Å². The number of esters is 4. The van der Waals surface area contributed by atoms with Gasteiger partial charge in [-0.25, -0.2) is 0 Å². The summed E-state index contributed by atoms with van der Waals surface area (Å²) in [6.45, 7) is 12.9. The molecule has 11 heteroatoms. The van der Waals surface area contributed by atoms with Crippen molar-refractivity contribution in [3.8, 4) is 0 Å². The third kappa shape index (κ3) is 4.25. The number of aliphatic hydroxyl groups is 1. The Kier molecular flexibility index (Phi) is 6.95. The van der Waals surface area contributed by atoms with Gasteiger partial charge in [0.1, 0.15) is 18.3 Å². The molecule has 0 bridgehead atoms. The van der Waals surface area contributed by atoms with E-state index >= 15 is 0 Å². The Morgan fingerprint density at radius 3 is 2.19 bits per heavy atom. The van der Waals surface area contributed by atoms with E-state index in [4.69, 9.17) is 35.3 Å². The summed E-state index contributed by atoms with van der Waals surface area (Å²) in [7, 11) is 0. The Morgan fingerprint density at radius 1 is 1.05 bits per heavy atom. The topological polar surface area (TPSA) is 138 Å². The highest BCUT2D eigenvalue weighted by Gasteiger charge is 2.78. The fourth-order valence-corrected chi connectivity index (χ4v) is 7.30. The second kappa shape index (κ2) is 9.24. The Balaban J connectivity index is 2.01. The lowest BCUT2D eigenvalue weighted by Gasteiger charge is -2.56. The maximum Gasteiger partial charge on any atom is 0.312 e. The number of hydrogen-bond donors (Lipinski definition) is 1. The Morgan fingerprint density at radius 2 is 1.62 bits per heavy atom. The first-order valence-corrected chi connectivity index (χ1v) is 13.0. The highest BCUT2D eigenvalue weighted by molar-refractivity contribution is 6.23. The van der Waals surface area contributed by atoms with Crippen molar-refractivity contribution in [2.45, 2.75) is 108 Å². The third-order valence-corrected chi connectivity index (χ3v) is 9.42. The van der Waals surface area contributed by atoms with Gasteiger partial charge in [0.2, 0.25) is 0 Å². The minimum atomic E-state index is -2.10. The summed E-state index contributed by atoms with van der Waals surface area (Å²) in [6.07, 6.45) is -3.96. The second-order valence-corrected chi connectivity index (χ2v) is 11.6. The van der Waals surface area contributed by atoms with Crippen LogP contribution in [0.15, 0.2) is 12.2 Å². The second-order valence-electron chi connectivity index (χ2n) is 11.2. The molecule has 37 heavy (non-hydrogen) atoms. The van der Waals surface area contributed by atoms with Crippen LogP contribution in [0.3, 0.4) is 0 Å². The molecule has 0 amide bonds. The standard InChI is InChI=1S/C26H35ClO10/c1-11-8-9-16(33-13(3)28)24(6)17(34-14(4)29)10-18-25(7,37-18)20(24)22(35-15(5)30)26(32)12(2)23(31)36-21(26)19(11)27/h12,16-22,32H,1,8-10H2,2-7H3/t12-,16-,17-,18+,19-,20+,21-,22-,24-,25+,26-/m0/s1. The quantitative estimate of drug-likeness (QED) is 0.186. The summed E-state index contributed by atoms with van der Waals surface area (Å²) in [5.74, 6) is -4.56. The molecular formula is C26H35ClO10. The smallest absolute Gasteiger partial charge is 0.312 e. The predicted octanol–water partition coefficient (Wildman–Crippen LogP) is 2.22. The molecule has 10 nitrogen and oxygen atoms in total. The van der Waals surface area contributed by atoms with Crippen molar-refractivity contribution in [3.63, 3.8) is 0 Å². The summed E-state index contributed by atoms with van der Waals surface area (Å²) >= 11 is 6.75. The van der Waals surface area contributed by atoms with Crippen molar-refractivity contribution in [1.29, 1.82) is 0 Å². The normalized spacial score (nSPS) is 46.9. The number of hydrogen-bond acceptors (Lipinski definition) is 10. The van der Waals surface area contributed by atoms with E-state index in [9.17, 15) is 24.3 Å². The van der Waals surface area contributed by atoms with Gasteiger partial charge in [-0.1, -0.05) is 19.1 Å². The van der Waals surface area contributed by atoms with Crippen LogP contribution in [0.2, 0.25) is 0 Å². The van der Waals surface area contributed by atoms with E-state index in [1.54, 1.807) is 6.92 Å². The molecule has 4 rings (SSSR count). The van der Waals surface area contributed by atoms with Crippen LogP contribution in [0.5, 0.6) is 0 Å². The zero-order chi connectivity index (χ0) is 27.7. The van der Waals surface area contributed by atoms with Crippen molar-refractivity contribution in [2.24, 2.45) is 17.3 Å². The Labute approximate surface area is 220 Å². The van der Waals surface area contributed by atoms with E-state index in [2.05, 4.69) is 6.58 Å². The maximum absolute atomic E-state index is 12.9. The lowest BCUT2D eigenvalue weighted by Crippen LogP contribution is -2.70. The highest BCUT2D eigenvalue weighted by atomic mass is 35.5. The first kappa shape index (κ1) is 27.9. The molecule has 2 heterocycles. The minimum Gasteiger partial charge on any atom is -0.462 e. The molecule has 2 saturated heterocycles. The monoisotopic (exact) mass is 542 g/mol. The van der Waals surface area contributed by atoms with Crippen molar-refractivity contribution >= 4 is 35.5 Å². The van der Waals surface area contributed by atoms with Gasteiger partial charge in [-0.15, -0.1) is 11.6 Å². The van der Waals surface area contributed by atoms with E-state index < -0.39 is 88.2 Å². The van der Waals surface area contributed by atoms with E-state index in [0.29, 0.717) is 12.0 Å². The molecule has 0 radical (unpaired) electrons. The van der Waals surface area contributed by atoms with Crippen LogP contribution in [-0.2, 0) is 42.9 Å². The van der Waals surface area contributed by atoms with Crippen LogP contribution in [0.1, 0.15) is 60.8 Å². The number of ether oxygens (including phenoxy) is 5. The van der Waals surface area contributed by atoms with Gasteiger partial charge < -0.3 is 28.8 Å². The number of epoxide rings is 1. The first-order valence-electron chi connectivity index (χ1n) is 12.5. The zero-order valence-corrected chi connectivity index (χ0v) is 22.7. The Hall–Kier alpha value is -2.17. The van der Waals surface area contributed by atoms with Gasteiger partial charge >= 0.3 is 23.9 Å². The van der Waals surface area contributed by atoms with Crippen molar-refractivity contribution in [3.05, 3.63) is 12.2 Å². The van der Waals surface area contributed by atoms with E-state index in [1.165, 1.54) is 27.7 Å². The summed E-state index contributed by atoms with van der Waals surface area (Å²) in [4.78, 5) is 50.0. The summed E-state index contributed by atoms with van der Waals surface area (Å²) in [5, 5.41) is 11.4. The fraction of sp³-hybridized carbons (Fsp3) is 0.769. The molecule has 0 spiro atoms. The van der Waals surface area contributed by atoms with Gasteiger partial charge in [0, 0.05) is 33.1 Å². The molecule has 206 valence electrons. The molecule has 0 aromatic heterocycles. The number of carbonyl (C=O) groups is 4. The predicted molar refractivity (Wildman–Crippen MR) is 128 cm³/mol. The molecule has 0 aromatic carbocycles. The Bertz CT molecular complexity index is 1030. The van der Waals surface area contributed by atoms with Crippen molar-refractivity contribution < 1.29 is 48.0 Å². The van der Waals surface area contributed by atoms with Gasteiger partial charge in [0.25, 0.3) is 0 Å². The molecule has 2 saturated carbocycles. The molecule has 0 unspecified atom stereocenters. The lowest BCUT2D eigenvalue weighted by atomic mass is 9.53. The third-order valence-electron chi connectivity index (χ3n) is 8.88. The van der Waals surface area contributed by atoms with Gasteiger partial charge in [-0.05, 0) is 26.7 Å². The molecule has 11 atom stereocenters. The van der Waals surface area contributed by atoms with Crippen molar-refractivity contribution in [2.75, 3.05) is 0 Å². The van der Waals surface area contributed by atoms with Crippen LogP contribution in [0.25, 0.3) is 0 Å². The van der Waals surface area contributed by atoms with Gasteiger partial charge in [0.05, 0.1) is 28.4 Å². The number of halogens is 1. The lowest BCUT2D eigenvalue weighted by molar-refractivity contribution is -0.236. The number of fused-ring (bicyclic) bond motifs is 4. The SMILES string of the molecule is C=C1CC[C@H](OC(C)=O)[C@@]2(C)[C@@H](OC(C)=O)C[C@H]3O[C@@]3(C)[C@@H]2[C@H](OC(C)=O)[C@]2(O)[C@@H](C)C(=O)O[C@H]2[C@H]1Cl. The molecular weight excluding hydrogens is 508 g/mol. The largest absolute Gasteiger partial charge is 0.462 e. The van der Waals surface area contributed by atoms with E-state index in [-0.39, 0.29) is 12.8 Å². The first-order chi connectivity index (χ1) is 17.1. The number of alkyl halides is 1. The summed E-state index contributed by atoms with van der Waals surface area (Å²) in [5.41, 5.74) is -3.84. The van der Waals surface area contributed by atoms with Crippen LogP contribution in [0, 0.1) is 17.3 Å². The molecule has 2 aliphatic carbocycles. The highest BCUT2D eigenvalue weighted by Crippen LogP contribution is 2.65. The van der Waals surface area contributed by atoms with E-state index in [1.807, 2.05) is 6.92 Å². The summed E-state index contributed by atoms with van der Waals surface area (Å²) in [6, 6.07) is 0. The van der Waals surface area contributed by atoms with Gasteiger partial charge in [0.15, 0.2) is 11.7 Å². The average Bonchev–Trinajstić information content (AvgIpc) is 3.39. The maximum atomic E-state index is 12.9. The van der Waals surface area contributed by atoms with Crippen LogP contribution < -0.4 is 0 Å². The van der Waals surface area contributed by atoms with E-state index in [0.717, 1.165) is 0 Å². The number of carbonyl (C=O) groups excluding carboxylic acids is 4.